The third kappa shape index (κ3) is 6.36. The van der Waals surface area contributed by atoms with Gasteiger partial charge in [-0.1, -0.05) is 35.9 Å². The van der Waals surface area contributed by atoms with Gasteiger partial charge in [-0.3, -0.25) is 4.79 Å². The number of hydrogen-bond acceptors (Lipinski definition) is 5. The van der Waals surface area contributed by atoms with Crippen molar-refractivity contribution in [1.29, 1.82) is 0 Å². The zero-order chi connectivity index (χ0) is 25.0. The maximum Gasteiger partial charge on any atom is 0.416 e. The first-order valence-electron chi connectivity index (χ1n) is 10.3. The molecular weight excluding hydrogens is 515 g/mol. The van der Waals surface area contributed by atoms with Crippen molar-refractivity contribution in [2.24, 2.45) is 0 Å². The lowest BCUT2D eigenvalue weighted by Gasteiger charge is -2.09. The number of hydrogen-bond donors (Lipinski definition) is 2. The van der Waals surface area contributed by atoms with Gasteiger partial charge < -0.3 is 10.6 Å². The summed E-state index contributed by atoms with van der Waals surface area (Å²) < 4.78 is 38.8. The van der Waals surface area contributed by atoms with Crippen molar-refractivity contribution in [2.75, 3.05) is 16.9 Å². The smallest absolute Gasteiger partial charge is 0.357 e. The summed E-state index contributed by atoms with van der Waals surface area (Å²) in [5.41, 5.74) is 2.17. The van der Waals surface area contributed by atoms with E-state index < -0.39 is 11.7 Å². The number of carbonyl (C=O) groups is 1. The van der Waals surface area contributed by atoms with Crippen molar-refractivity contribution in [3.8, 4) is 11.3 Å². The van der Waals surface area contributed by atoms with Gasteiger partial charge >= 0.3 is 6.18 Å². The highest BCUT2D eigenvalue weighted by Crippen LogP contribution is 2.31. The molecule has 1 amide bonds. The third-order valence-corrected chi connectivity index (χ3v) is 6.89. The summed E-state index contributed by atoms with van der Waals surface area (Å²) in [5, 5.41) is 8.73. The lowest BCUT2D eigenvalue weighted by molar-refractivity contribution is -0.137. The summed E-state index contributed by atoms with van der Waals surface area (Å²) >= 11 is 9.17. The van der Waals surface area contributed by atoms with Crippen LogP contribution in [0.25, 0.3) is 11.3 Å². The Morgan fingerprint density at radius 2 is 1.89 bits per heavy atom. The zero-order valence-corrected chi connectivity index (χ0v) is 20.7. The molecular formula is C25H19ClF3N3OS2. The predicted molar refractivity (Wildman–Crippen MR) is 138 cm³/mol. The summed E-state index contributed by atoms with van der Waals surface area (Å²) in [6.07, 6.45) is -2.44. The van der Waals surface area contributed by atoms with Crippen molar-refractivity contribution >= 4 is 51.4 Å². The molecule has 0 aliphatic rings. The van der Waals surface area contributed by atoms with Gasteiger partial charge in [0.05, 0.1) is 22.0 Å². The lowest BCUT2D eigenvalue weighted by atomic mass is 10.1. The Labute approximate surface area is 213 Å². The minimum atomic E-state index is -4.38. The van der Waals surface area contributed by atoms with Gasteiger partial charge in [0, 0.05) is 27.9 Å². The van der Waals surface area contributed by atoms with E-state index in [9.17, 15) is 18.0 Å². The van der Waals surface area contributed by atoms with Crippen LogP contribution < -0.4 is 10.6 Å². The number of nitrogens with zero attached hydrogens (tertiary/aromatic N) is 1. The fraction of sp³-hybridized carbons (Fsp3) is 0.120. The maximum absolute atomic E-state index is 12.9. The maximum atomic E-state index is 12.9. The van der Waals surface area contributed by atoms with Crippen LogP contribution in [-0.2, 0) is 12.7 Å². The Morgan fingerprint density at radius 1 is 1.09 bits per heavy atom. The monoisotopic (exact) mass is 533 g/mol. The van der Waals surface area contributed by atoms with Gasteiger partial charge in [0.15, 0.2) is 5.13 Å². The van der Waals surface area contributed by atoms with Crippen molar-refractivity contribution < 1.29 is 18.0 Å². The van der Waals surface area contributed by atoms with Crippen molar-refractivity contribution in [3.63, 3.8) is 0 Å². The van der Waals surface area contributed by atoms with Crippen molar-refractivity contribution in [1.82, 2.24) is 4.98 Å². The molecule has 0 fully saturated rings. The third-order valence-electron chi connectivity index (χ3n) is 5.05. The van der Waals surface area contributed by atoms with E-state index in [0.717, 1.165) is 22.6 Å². The van der Waals surface area contributed by atoms with Crippen LogP contribution in [0.5, 0.6) is 0 Å². The molecule has 35 heavy (non-hydrogen) atoms. The lowest BCUT2D eigenvalue weighted by Crippen LogP contribution is -2.12. The number of thiazole rings is 1. The molecule has 0 atom stereocenters. The minimum Gasteiger partial charge on any atom is -0.357 e. The average Bonchev–Trinajstić information content (AvgIpc) is 3.33. The highest BCUT2D eigenvalue weighted by Gasteiger charge is 2.30. The van der Waals surface area contributed by atoms with E-state index in [1.807, 2.05) is 23.8 Å². The van der Waals surface area contributed by atoms with Crippen LogP contribution in [0, 0.1) is 0 Å². The number of carbonyl (C=O) groups excluding carboxylic acids is 1. The number of benzene rings is 3. The number of thioether (sulfide) groups is 1. The van der Waals surface area contributed by atoms with Crippen LogP contribution in [0.3, 0.4) is 0 Å². The first kappa shape index (κ1) is 25.1. The fourth-order valence-electron chi connectivity index (χ4n) is 3.26. The molecule has 180 valence electrons. The minimum absolute atomic E-state index is 0.204. The molecule has 4 aromatic rings. The Bertz CT molecular complexity index is 1360. The quantitative estimate of drug-likeness (QED) is 0.236. The SMILES string of the molecule is CSc1ccc(NC(=O)c2cccc(-c3csc(NCc4cccc(C(F)(F)F)c4)n3)c2)c(Cl)c1. The normalized spacial score (nSPS) is 11.3. The van der Waals surface area contributed by atoms with Crippen LogP contribution in [-0.4, -0.2) is 17.1 Å². The first-order chi connectivity index (χ1) is 16.7. The highest BCUT2D eigenvalue weighted by molar-refractivity contribution is 7.98. The molecule has 1 heterocycles. The molecule has 4 rings (SSSR count). The molecule has 1 aromatic heterocycles. The van der Waals surface area contributed by atoms with Crippen molar-refractivity contribution in [2.45, 2.75) is 17.6 Å². The van der Waals surface area contributed by atoms with E-state index in [0.29, 0.717) is 32.7 Å². The average molecular weight is 534 g/mol. The van der Waals surface area contributed by atoms with Gasteiger partial charge in [0.1, 0.15) is 0 Å². The van der Waals surface area contributed by atoms with Crippen LogP contribution in [0.1, 0.15) is 21.5 Å². The Kier molecular flexibility index (Phi) is 7.69. The van der Waals surface area contributed by atoms with Gasteiger partial charge in [-0.05, 0) is 54.3 Å². The molecule has 3 aromatic carbocycles. The number of alkyl halides is 3. The Morgan fingerprint density at radius 3 is 2.63 bits per heavy atom. The van der Waals surface area contributed by atoms with E-state index in [-0.39, 0.29) is 12.5 Å². The summed E-state index contributed by atoms with van der Waals surface area (Å²) in [6.45, 7) is 0.204. The summed E-state index contributed by atoms with van der Waals surface area (Å²) in [6, 6.07) is 17.6. The molecule has 0 radical (unpaired) electrons. The van der Waals surface area contributed by atoms with Crippen LogP contribution in [0.15, 0.2) is 77.0 Å². The predicted octanol–water partition coefficient (Wildman–Crippen LogP) is 8.07. The van der Waals surface area contributed by atoms with Gasteiger partial charge in [-0.25, -0.2) is 4.98 Å². The standard InChI is InChI=1S/C25H19ClF3N3OS2/c1-34-19-8-9-21(20(26)12-19)31-23(33)17-6-3-5-16(11-17)22-14-35-24(32-22)30-13-15-4-2-7-18(10-15)25(27,28)29/h2-12,14H,13H2,1H3,(H,30,32)(H,31,33). The first-order valence-corrected chi connectivity index (χ1v) is 12.8. The van der Waals surface area contributed by atoms with E-state index >= 15 is 0 Å². The van der Waals surface area contributed by atoms with Crippen LogP contribution in [0.4, 0.5) is 24.0 Å². The Hall–Kier alpha value is -3.01. The van der Waals surface area contributed by atoms with E-state index in [4.69, 9.17) is 11.6 Å². The fourth-order valence-corrected chi connectivity index (χ4v) is 4.71. The molecule has 0 aliphatic heterocycles. The summed E-state index contributed by atoms with van der Waals surface area (Å²) in [4.78, 5) is 18.3. The molecule has 0 spiro atoms. The van der Waals surface area contributed by atoms with Gasteiger partial charge in [0.2, 0.25) is 0 Å². The number of anilines is 2. The molecule has 0 aliphatic carbocycles. The molecule has 2 N–H and O–H groups in total. The highest BCUT2D eigenvalue weighted by atomic mass is 35.5. The van der Waals surface area contributed by atoms with E-state index in [1.165, 1.54) is 17.4 Å². The zero-order valence-electron chi connectivity index (χ0n) is 18.3. The van der Waals surface area contributed by atoms with Gasteiger partial charge in [-0.15, -0.1) is 23.1 Å². The molecule has 0 bridgehead atoms. The number of amides is 1. The van der Waals surface area contributed by atoms with E-state index in [2.05, 4.69) is 15.6 Å². The summed E-state index contributed by atoms with van der Waals surface area (Å²) in [5.74, 6) is -0.302. The summed E-state index contributed by atoms with van der Waals surface area (Å²) in [7, 11) is 0. The second kappa shape index (κ2) is 10.7. The topological polar surface area (TPSA) is 54.0 Å². The Balaban J connectivity index is 1.44. The molecule has 0 saturated heterocycles. The molecule has 0 saturated carbocycles. The molecule has 4 nitrogen and oxygen atoms in total. The van der Waals surface area contributed by atoms with Gasteiger partial charge in [-0.2, -0.15) is 13.2 Å². The molecule has 10 heteroatoms. The number of rotatable bonds is 7. The van der Waals surface area contributed by atoms with Crippen LogP contribution >= 0.6 is 34.7 Å². The second-order valence-electron chi connectivity index (χ2n) is 7.47. The molecule has 0 unspecified atom stereocenters. The van der Waals surface area contributed by atoms with E-state index in [1.54, 1.807) is 48.2 Å². The number of nitrogens with one attached hydrogen (secondary N) is 2. The van der Waals surface area contributed by atoms with Crippen molar-refractivity contribution in [3.05, 3.63) is 93.8 Å². The number of aromatic nitrogens is 1. The van der Waals surface area contributed by atoms with Gasteiger partial charge in [0.25, 0.3) is 5.91 Å². The van der Waals surface area contributed by atoms with Crippen LogP contribution in [0.2, 0.25) is 5.02 Å². The second-order valence-corrected chi connectivity index (χ2v) is 9.62. The largest absolute Gasteiger partial charge is 0.416 e. The number of halogens is 4.